The first-order chi connectivity index (χ1) is 14.1. The molecular weight excluding hydrogens is 390 g/mol. The number of carbonyl (C=O) groups is 1. The number of benzene rings is 2. The number of thiophene rings is 1. The van der Waals surface area contributed by atoms with Gasteiger partial charge >= 0.3 is 5.69 Å². The van der Waals surface area contributed by atoms with Crippen LogP contribution in [0, 0.1) is 10.1 Å². The number of amides is 1. The molecule has 1 aliphatic rings. The lowest BCUT2D eigenvalue weighted by molar-refractivity contribution is -0.385. The van der Waals surface area contributed by atoms with Gasteiger partial charge in [0.1, 0.15) is 0 Å². The fraction of sp³-hybridized carbons (Fsp3) is 0.190. The Morgan fingerprint density at radius 2 is 1.97 bits per heavy atom. The number of para-hydroxylation sites is 4. The van der Waals surface area contributed by atoms with Crippen LogP contribution in [0.15, 0.2) is 60.0 Å². The Morgan fingerprint density at radius 1 is 1.17 bits per heavy atom. The third-order valence-corrected chi connectivity index (χ3v) is 5.77. The van der Waals surface area contributed by atoms with Gasteiger partial charge in [-0.2, -0.15) is 0 Å². The SMILES string of the molecule is O=C(COc1ccccc1[N+](=O)[O-])Nc1ccccc1N1CCc2sccc2C1. The van der Waals surface area contributed by atoms with Crippen LogP contribution in [-0.4, -0.2) is 24.0 Å². The van der Waals surface area contributed by atoms with E-state index in [1.165, 1.54) is 22.6 Å². The van der Waals surface area contributed by atoms with Crippen LogP contribution in [0.2, 0.25) is 0 Å². The van der Waals surface area contributed by atoms with Gasteiger partial charge in [-0.25, -0.2) is 0 Å². The van der Waals surface area contributed by atoms with Crippen LogP contribution in [0.4, 0.5) is 17.1 Å². The van der Waals surface area contributed by atoms with Crippen molar-refractivity contribution in [2.75, 3.05) is 23.4 Å². The molecule has 0 saturated carbocycles. The topological polar surface area (TPSA) is 84.7 Å². The van der Waals surface area contributed by atoms with Crippen molar-refractivity contribution in [3.05, 3.63) is 80.5 Å². The molecule has 29 heavy (non-hydrogen) atoms. The van der Waals surface area contributed by atoms with Gasteiger partial charge in [0.05, 0.1) is 16.3 Å². The minimum absolute atomic E-state index is 0.0713. The van der Waals surface area contributed by atoms with Crippen molar-refractivity contribution >= 4 is 34.3 Å². The summed E-state index contributed by atoms with van der Waals surface area (Å²) in [5, 5.41) is 16.1. The summed E-state index contributed by atoms with van der Waals surface area (Å²) in [4.78, 5) is 26.6. The van der Waals surface area contributed by atoms with E-state index in [1.54, 1.807) is 23.5 Å². The standard InChI is InChI=1S/C21H19N3O4S/c25-21(14-28-19-8-4-3-7-18(19)24(26)27)22-16-5-1-2-6-17(16)23-11-9-20-15(13-23)10-12-29-20/h1-8,10,12H,9,11,13-14H2,(H,22,25). The van der Waals surface area contributed by atoms with Gasteiger partial charge < -0.3 is 15.0 Å². The molecule has 8 heteroatoms. The summed E-state index contributed by atoms with van der Waals surface area (Å²) < 4.78 is 5.39. The maximum atomic E-state index is 12.4. The number of nitro benzene ring substituents is 1. The van der Waals surface area contributed by atoms with Gasteiger partial charge in [0.15, 0.2) is 12.4 Å². The largest absolute Gasteiger partial charge is 0.477 e. The highest BCUT2D eigenvalue weighted by Gasteiger charge is 2.20. The molecule has 2 heterocycles. The Bertz CT molecular complexity index is 1050. The average molecular weight is 409 g/mol. The molecule has 0 bridgehead atoms. The molecule has 1 amide bonds. The molecule has 7 nitrogen and oxygen atoms in total. The van der Waals surface area contributed by atoms with E-state index in [2.05, 4.69) is 21.7 Å². The Kier molecular flexibility index (Phi) is 5.44. The predicted molar refractivity (Wildman–Crippen MR) is 113 cm³/mol. The third kappa shape index (κ3) is 4.22. The van der Waals surface area contributed by atoms with Crippen molar-refractivity contribution in [3.63, 3.8) is 0 Å². The van der Waals surface area contributed by atoms with Gasteiger partial charge in [-0.1, -0.05) is 24.3 Å². The lowest BCUT2D eigenvalue weighted by Crippen LogP contribution is -2.30. The summed E-state index contributed by atoms with van der Waals surface area (Å²) in [6.07, 6.45) is 0.982. The van der Waals surface area contributed by atoms with Crippen LogP contribution in [0.5, 0.6) is 5.75 Å². The van der Waals surface area contributed by atoms with E-state index in [1.807, 2.05) is 24.3 Å². The number of nitrogens with zero attached hydrogens (tertiary/aromatic N) is 2. The monoisotopic (exact) mass is 409 g/mol. The van der Waals surface area contributed by atoms with Gasteiger partial charge in [0.2, 0.25) is 0 Å². The molecule has 2 aromatic carbocycles. The highest BCUT2D eigenvalue weighted by Crippen LogP contribution is 2.32. The van der Waals surface area contributed by atoms with Crippen LogP contribution in [0.25, 0.3) is 0 Å². The van der Waals surface area contributed by atoms with Gasteiger partial charge in [-0.15, -0.1) is 11.3 Å². The number of rotatable bonds is 6. The molecule has 3 aromatic rings. The number of nitrogens with one attached hydrogen (secondary N) is 1. The minimum atomic E-state index is -0.530. The summed E-state index contributed by atoms with van der Waals surface area (Å²) in [6.45, 7) is 1.37. The van der Waals surface area contributed by atoms with E-state index in [4.69, 9.17) is 4.74 Å². The number of anilines is 2. The molecule has 0 aliphatic carbocycles. The van der Waals surface area contributed by atoms with Gasteiger partial charge in [-0.05, 0) is 41.6 Å². The smallest absolute Gasteiger partial charge is 0.310 e. The molecule has 1 aliphatic heterocycles. The second kappa shape index (κ2) is 8.32. The first-order valence-corrected chi connectivity index (χ1v) is 10.0. The van der Waals surface area contributed by atoms with E-state index in [-0.39, 0.29) is 24.0 Å². The van der Waals surface area contributed by atoms with Crippen molar-refractivity contribution < 1.29 is 14.5 Å². The zero-order valence-electron chi connectivity index (χ0n) is 15.5. The summed E-state index contributed by atoms with van der Waals surface area (Å²) in [7, 11) is 0. The van der Waals surface area contributed by atoms with Crippen LogP contribution in [0.3, 0.4) is 0 Å². The number of fused-ring (bicyclic) bond motifs is 1. The fourth-order valence-electron chi connectivity index (χ4n) is 3.37. The van der Waals surface area contributed by atoms with Gasteiger partial charge in [0.25, 0.3) is 5.91 Å². The summed E-state index contributed by atoms with van der Waals surface area (Å²) in [6, 6.07) is 15.8. The zero-order valence-corrected chi connectivity index (χ0v) is 16.4. The number of ether oxygens (including phenoxy) is 1. The molecule has 0 radical (unpaired) electrons. The van der Waals surface area contributed by atoms with Crippen LogP contribution in [0.1, 0.15) is 10.4 Å². The van der Waals surface area contributed by atoms with E-state index >= 15 is 0 Å². The molecule has 4 rings (SSSR count). The summed E-state index contributed by atoms with van der Waals surface area (Å²) >= 11 is 1.78. The normalized spacial score (nSPS) is 12.9. The molecule has 1 aromatic heterocycles. The lowest BCUT2D eigenvalue weighted by atomic mass is 10.1. The van der Waals surface area contributed by atoms with Crippen molar-refractivity contribution in [2.24, 2.45) is 0 Å². The Hall–Kier alpha value is -3.39. The minimum Gasteiger partial charge on any atom is -0.477 e. The van der Waals surface area contributed by atoms with E-state index in [9.17, 15) is 14.9 Å². The second-order valence-electron chi connectivity index (χ2n) is 6.62. The lowest BCUT2D eigenvalue weighted by Gasteiger charge is -2.30. The third-order valence-electron chi connectivity index (χ3n) is 4.75. The molecule has 0 spiro atoms. The maximum absolute atomic E-state index is 12.4. The number of hydrogen-bond donors (Lipinski definition) is 1. The molecule has 0 unspecified atom stereocenters. The molecule has 148 valence electrons. The summed E-state index contributed by atoms with van der Waals surface area (Å²) in [5.74, 6) is -0.300. The van der Waals surface area contributed by atoms with Gasteiger partial charge in [0, 0.05) is 24.0 Å². The van der Waals surface area contributed by atoms with E-state index < -0.39 is 4.92 Å². The predicted octanol–water partition coefficient (Wildman–Crippen LogP) is 4.24. The number of hydrogen-bond acceptors (Lipinski definition) is 6. The second-order valence-corrected chi connectivity index (χ2v) is 7.62. The molecule has 0 atom stereocenters. The van der Waals surface area contributed by atoms with Crippen molar-refractivity contribution in [1.82, 2.24) is 0 Å². The highest BCUT2D eigenvalue weighted by atomic mass is 32.1. The van der Waals surface area contributed by atoms with E-state index in [0.717, 1.165) is 25.2 Å². The number of nitro groups is 1. The quantitative estimate of drug-likeness (QED) is 0.486. The van der Waals surface area contributed by atoms with Crippen LogP contribution >= 0.6 is 11.3 Å². The van der Waals surface area contributed by atoms with Crippen molar-refractivity contribution in [1.29, 1.82) is 0 Å². The fourth-order valence-corrected chi connectivity index (χ4v) is 4.26. The van der Waals surface area contributed by atoms with Crippen molar-refractivity contribution in [3.8, 4) is 5.75 Å². The number of carbonyl (C=O) groups excluding carboxylic acids is 1. The molecule has 1 N–H and O–H groups in total. The van der Waals surface area contributed by atoms with Crippen LogP contribution in [-0.2, 0) is 17.8 Å². The Morgan fingerprint density at radius 3 is 2.83 bits per heavy atom. The first kappa shape index (κ1) is 18.9. The summed E-state index contributed by atoms with van der Waals surface area (Å²) in [5.41, 5.74) is 2.80. The van der Waals surface area contributed by atoms with E-state index in [0.29, 0.717) is 5.69 Å². The highest BCUT2D eigenvalue weighted by molar-refractivity contribution is 7.10. The van der Waals surface area contributed by atoms with Crippen molar-refractivity contribution in [2.45, 2.75) is 13.0 Å². The maximum Gasteiger partial charge on any atom is 0.310 e. The zero-order chi connectivity index (χ0) is 20.2. The molecule has 0 saturated heterocycles. The molecular formula is C21H19N3O4S. The van der Waals surface area contributed by atoms with Crippen LogP contribution < -0.4 is 15.0 Å². The first-order valence-electron chi connectivity index (χ1n) is 9.17. The van der Waals surface area contributed by atoms with Gasteiger partial charge in [-0.3, -0.25) is 14.9 Å². The Labute approximate surface area is 171 Å². The average Bonchev–Trinajstić information content (AvgIpc) is 3.20. The molecule has 0 fully saturated rings. The Balaban J connectivity index is 1.44.